The summed E-state index contributed by atoms with van der Waals surface area (Å²) in [5, 5.41) is 4.32. The molecule has 2 rings (SSSR count). The topological polar surface area (TPSA) is 0 Å². The summed E-state index contributed by atoms with van der Waals surface area (Å²) in [4.78, 5) is 3.03. The molecular formula is C12H14S3. The number of hydrogen-bond acceptors (Lipinski definition) is 3. The highest BCUT2D eigenvalue weighted by Crippen LogP contribution is 2.15. The monoisotopic (exact) mass is 254 g/mol. The van der Waals surface area contributed by atoms with Crippen molar-refractivity contribution >= 4 is 34.4 Å². The van der Waals surface area contributed by atoms with E-state index in [1.807, 2.05) is 22.7 Å². The Labute approximate surface area is 103 Å². The van der Waals surface area contributed by atoms with Gasteiger partial charge in [0.25, 0.3) is 0 Å². The van der Waals surface area contributed by atoms with E-state index < -0.39 is 0 Å². The first-order valence-electron chi connectivity index (χ1n) is 5.07. The van der Waals surface area contributed by atoms with Gasteiger partial charge in [0.2, 0.25) is 0 Å². The van der Waals surface area contributed by atoms with E-state index in [0.29, 0.717) is 0 Å². The van der Waals surface area contributed by atoms with Crippen molar-refractivity contribution in [3.63, 3.8) is 0 Å². The van der Waals surface area contributed by atoms with E-state index in [4.69, 9.17) is 0 Å². The predicted molar refractivity (Wildman–Crippen MR) is 73.4 cm³/mol. The second kappa shape index (κ2) is 6.36. The summed E-state index contributed by atoms with van der Waals surface area (Å²) < 4.78 is 0. The summed E-state index contributed by atoms with van der Waals surface area (Å²) in [7, 11) is 0. The Kier molecular flexibility index (Phi) is 4.77. The van der Waals surface area contributed by atoms with Gasteiger partial charge in [-0.05, 0) is 47.2 Å². The highest BCUT2D eigenvalue weighted by atomic mass is 32.2. The first kappa shape index (κ1) is 11.2. The summed E-state index contributed by atoms with van der Waals surface area (Å²) in [5.41, 5.74) is 0. The minimum absolute atomic E-state index is 1.23. The molecule has 2 aromatic heterocycles. The quantitative estimate of drug-likeness (QED) is 0.692. The van der Waals surface area contributed by atoms with Crippen molar-refractivity contribution in [1.29, 1.82) is 0 Å². The van der Waals surface area contributed by atoms with Crippen LogP contribution in [0.15, 0.2) is 35.0 Å². The van der Waals surface area contributed by atoms with Crippen LogP contribution in [0.5, 0.6) is 0 Å². The fourth-order valence-electron chi connectivity index (χ4n) is 1.36. The van der Waals surface area contributed by atoms with Crippen molar-refractivity contribution < 1.29 is 0 Å². The molecule has 0 unspecified atom stereocenters. The molecular weight excluding hydrogens is 240 g/mol. The lowest BCUT2D eigenvalue weighted by molar-refractivity contribution is 1.17. The fraction of sp³-hybridized carbons (Fsp3) is 0.333. The van der Waals surface area contributed by atoms with Gasteiger partial charge in [0.1, 0.15) is 0 Å². The maximum atomic E-state index is 2.23. The lowest BCUT2D eigenvalue weighted by Crippen LogP contribution is -1.89. The smallest absolute Gasteiger partial charge is 0.00534 e. The molecule has 0 N–H and O–H groups in total. The average molecular weight is 254 g/mol. The molecule has 3 heteroatoms. The van der Waals surface area contributed by atoms with E-state index in [2.05, 4.69) is 46.8 Å². The lowest BCUT2D eigenvalue weighted by atomic mass is 10.4. The van der Waals surface area contributed by atoms with Crippen LogP contribution in [0.1, 0.15) is 9.75 Å². The van der Waals surface area contributed by atoms with Crippen LogP contribution in [0.25, 0.3) is 0 Å². The van der Waals surface area contributed by atoms with Crippen LogP contribution >= 0.6 is 34.4 Å². The normalized spacial score (nSPS) is 10.7. The van der Waals surface area contributed by atoms with E-state index in [-0.39, 0.29) is 0 Å². The van der Waals surface area contributed by atoms with Gasteiger partial charge in [0.05, 0.1) is 0 Å². The van der Waals surface area contributed by atoms with Gasteiger partial charge in [0.15, 0.2) is 0 Å². The zero-order valence-corrected chi connectivity index (χ0v) is 11.0. The van der Waals surface area contributed by atoms with Gasteiger partial charge in [-0.3, -0.25) is 0 Å². The third-order valence-corrected chi connectivity index (χ3v) is 5.00. The molecule has 2 aromatic rings. The number of thioether (sulfide) groups is 1. The van der Waals surface area contributed by atoms with Crippen LogP contribution in [0.2, 0.25) is 0 Å². The van der Waals surface area contributed by atoms with E-state index in [1.54, 1.807) is 0 Å². The van der Waals surface area contributed by atoms with Crippen LogP contribution in [0.4, 0.5) is 0 Å². The van der Waals surface area contributed by atoms with E-state index >= 15 is 0 Å². The SMILES string of the molecule is c1csc(CCSCCc2cccs2)c1. The molecule has 0 radical (unpaired) electrons. The molecule has 0 bridgehead atoms. The van der Waals surface area contributed by atoms with Crippen molar-refractivity contribution in [2.75, 3.05) is 11.5 Å². The molecule has 0 aromatic carbocycles. The molecule has 0 saturated heterocycles. The molecule has 0 aliphatic carbocycles. The third-order valence-electron chi connectivity index (χ3n) is 2.15. The van der Waals surface area contributed by atoms with E-state index in [0.717, 1.165) is 0 Å². The van der Waals surface area contributed by atoms with Crippen molar-refractivity contribution in [2.24, 2.45) is 0 Å². The Bertz CT molecular complexity index is 312. The summed E-state index contributed by atoms with van der Waals surface area (Å²) in [6.45, 7) is 0. The number of thiophene rings is 2. The molecule has 0 saturated carbocycles. The Hall–Kier alpha value is -0.250. The molecule has 0 aliphatic heterocycles. The Morgan fingerprint density at radius 2 is 1.40 bits per heavy atom. The largest absolute Gasteiger partial charge is 0.161 e. The molecule has 0 aliphatic rings. The van der Waals surface area contributed by atoms with Crippen molar-refractivity contribution in [3.8, 4) is 0 Å². The van der Waals surface area contributed by atoms with Crippen LogP contribution in [-0.2, 0) is 12.8 Å². The van der Waals surface area contributed by atoms with Crippen LogP contribution in [0, 0.1) is 0 Å². The van der Waals surface area contributed by atoms with Gasteiger partial charge < -0.3 is 0 Å². The first-order valence-corrected chi connectivity index (χ1v) is 7.99. The predicted octanol–water partition coefficient (Wildman–Crippen LogP) is 4.33. The summed E-state index contributed by atoms with van der Waals surface area (Å²) in [6, 6.07) is 8.72. The van der Waals surface area contributed by atoms with Crippen molar-refractivity contribution in [2.45, 2.75) is 12.8 Å². The fourth-order valence-corrected chi connectivity index (χ4v) is 3.97. The van der Waals surface area contributed by atoms with Gasteiger partial charge in [0, 0.05) is 9.75 Å². The van der Waals surface area contributed by atoms with Gasteiger partial charge in [-0.1, -0.05) is 12.1 Å². The van der Waals surface area contributed by atoms with Crippen LogP contribution < -0.4 is 0 Å². The highest BCUT2D eigenvalue weighted by molar-refractivity contribution is 7.99. The molecule has 0 fully saturated rings. The zero-order chi connectivity index (χ0) is 10.3. The highest BCUT2D eigenvalue weighted by Gasteiger charge is 1.96. The molecule has 2 heterocycles. The van der Waals surface area contributed by atoms with Gasteiger partial charge in [-0.25, -0.2) is 0 Å². The Balaban J connectivity index is 1.56. The minimum Gasteiger partial charge on any atom is -0.161 e. The Morgan fingerprint density at radius 3 is 1.80 bits per heavy atom. The van der Waals surface area contributed by atoms with Crippen molar-refractivity contribution in [3.05, 3.63) is 44.8 Å². The summed E-state index contributed by atoms with van der Waals surface area (Å²) >= 11 is 5.80. The maximum Gasteiger partial charge on any atom is 0.00534 e. The van der Waals surface area contributed by atoms with Crippen molar-refractivity contribution in [1.82, 2.24) is 0 Å². The molecule has 0 spiro atoms. The second-order valence-corrected chi connectivity index (χ2v) is 6.56. The molecule has 80 valence electrons. The minimum atomic E-state index is 1.23. The number of rotatable bonds is 6. The molecule has 15 heavy (non-hydrogen) atoms. The van der Waals surface area contributed by atoms with Gasteiger partial charge >= 0.3 is 0 Å². The van der Waals surface area contributed by atoms with Crippen LogP contribution in [-0.4, -0.2) is 11.5 Å². The van der Waals surface area contributed by atoms with Gasteiger partial charge in [-0.2, -0.15) is 11.8 Å². The van der Waals surface area contributed by atoms with E-state index in [1.165, 1.54) is 34.1 Å². The van der Waals surface area contributed by atoms with E-state index in [9.17, 15) is 0 Å². The molecule has 0 atom stereocenters. The number of hydrogen-bond donors (Lipinski definition) is 0. The first-order chi connectivity index (χ1) is 7.45. The standard InChI is InChI=1S/C12H14S3/c1-3-11(14-7-1)5-9-13-10-6-12-4-2-8-15-12/h1-4,7-8H,5-6,9-10H2. The second-order valence-electron chi connectivity index (χ2n) is 3.27. The third kappa shape index (κ3) is 4.01. The number of aryl methyl sites for hydroxylation is 2. The Morgan fingerprint density at radius 1 is 0.867 bits per heavy atom. The summed E-state index contributed by atoms with van der Waals surface area (Å²) in [5.74, 6) is 2.51. The van der Waals surface area contributed by atoms with Gasteiger partial charge in [-0.15, -0.1) is 22.7 Å². The average Bonchev–Trinajstić information content (AvgIpc) is 2.88. The van der Waals surface area contributed by atoms with Crippen LogP contribution in [0.3, 0.4) is 0 Å². The zero-order valence-electron chi connectivity index (χ0n) is 8.52. The molecule has 0 amide bonds. The molecule has 0 nitrogen and oxygen atoms in total. The maximum absolute atomic E-state index is 2.23. The summed E-state index contributed by atoms with van der Waals surface area (Å²) in [6.07, 6.45) is 2.46. The lowest BCUT2D eigenvalue weighted by Gasteiger charge is -1.98.